The third-order valence-electron chi connectivity index (χ3n) is 10.0. The van der Waals surface area contributed by atoms with Gasteiger partial charge >= 0.3 is 17.9 Å². The second-order valence-electron chi connectivity index (χ2n) is 16.7. The Kier molecular flexibility index (Phi) is 37.5. The molecule has 9 heteroatoms. The maximum Gasteiger partial charge on any atom is 0.361 e. The number of carboxylic acids is 1. The van der Waals surface area contributed by atoms with E-state index in [0.717, 1.165) is 51.4 Å². The molecule has 0 fully saturated rings. The third-order valence-corrected chi connectivity index (χ3v) is 10.0. The summed E-state index contributed by atoms with van der Waals surface area (Å²) < 4.78 is 22.7. The van der Waals surface area contributed by atoms with Crippen LogP contribution >= 0.6 is 0 Å². The lowest BCUT2D eigenvalue weighted by molar-refractivity contribution is -0.870. The van der Waals surface area contributed by atoms with Gasteiger partial charge < -0.3 is 28.5 Å². The van der Waals surface area contributed by atoms with E-state index in [1.165, 1.54) is 128 Å². The molecule has 0 radical (unpaired) electrons. The van der Waals surface area contributed by atoms with Gasteiger partial charge in [-0.05, 0) is 38.5 Å². The Morgan fingerprint density at radius 1 is 0.527 bits per heavy atom. The van der Waals surface area contributed by atoms with Crippen molar-refractivity contribution in [1.29, 1.82) is 0 Å². The second kappa shape index (κ2) is 38.9. The van der Waals surface area contributed by atoms with Crippen molar-refractivity contribution in [1.82, 2.24) is 0 Å². The first-order valence-corrected chi connectivity index (χ1v) is 22.9. The summed E-state index contributed by atoms with van der Waals surface area (Å²) in [5.41, 5.74) is 0. The number of carbonyl (C=O) groups excluding carboxylic acids is 2. The van der Waals surface area contributed by atoms with Crippen molar-refractivity contribution in [2.45, 2.75) is 219 Å². The number of esters is 2. The summed E-state index contributed by atoms with van der Waals surface area (Å²) in [5, 5.41) is 9.63. The van der Waals surface area contributed by atoms with E-state index in [1.807, 2.05) is 21.1 Å². The van der Waals surface area contributed by atoms with Crippen LogP contribution in [0, 0.1) is 0 Å². The van der Waals surface area contributed by atoms with Crippen LogP contribution in [0.15, 0.2) is 12.2 Å². The molecule has 0 aliphatic carbocycles. The predicted octanol–water partition coefficient (Wildman–Crippen LogP) is 11.9. The van der Waals surface area contributed by atoms with Crippen LogP contribution in [0.25, 0.3) is 0 Å². The lowest BCUT2D eigenvalue weighted by atomic mass is 10.0. The first kappa shape index (κ1) is 53.0. The summed E-state index contributed by atoms with van der Waals surface area (Å²) >= 11 is 0. The van der Waals surface area contributed by atoms with Gasteiger partial charge in [0.15, 0.2) is 6.10 Å². The van der Waals surface area contributed by atoms with Crippen LogP contribution in [-0.4, -0.2) is 87.4 Å². The molecule has 0 bridgehead atoms. The van der Waals surface area contributed by atoms with Crippen LogP contribution in [0.5, 0.6) is 0 Å². The fourth-order valence-corrected chi connectivity index (χ4v) is 6.42. The highest BCUT2D eigenvalue weighted by molar-refractivity contribution is 5.71. The lowest BCUT2D eigenvalue weighted by Crippen LogP contribution is -2.40. The van der Waals surface area contributed by atoms with Gasteiger partial charge in [0, 0.05) is 12.8 Å². The number of unbranched alkanes of at least 4 members (excludes halogenated alkanes) is 25. The van der Waals surface area contributed by atoms with Crippen LogP contribution in [-0.2, 0) is 33.3 Å². The number of aliphatic carboxylic acids is 1. The Morgan fingerprint density at radius 2 is 0.927 bits per heavy atom. The van der Waals surface area contributed by atoms with Crippen LogP contribution in [0.4, 0.5) is 0 Å². The van der Waals surface area contributed by atoms with Crippen molar-refractivity contribution in [2.75, 3.05) is 47.5 Å². The van der Waals surface area contributed by atoms with E-state index >= 15 is 0 Å². The maximum absolute atomic E-state index is 12.8. The summed E-state index contributed by atoms with van der Waals surface area (Å²) in [4.78, 5) is 37.1. The van der Waals surface area contributed by atoms with Crippen LogP contribution in [0.2, 0.25) is 0 Å². The van der Waals surface area contributed by atoms with Gasteiger partial charge in [-0.15, -0.1) is 0 Å². The van der Waals surface area contributed by atoms with Crippen molar-refractivity contribution in [3.05, 3.63) is 12.2 Å². The molecule has 324 valence electrons. The monoisotopic (exact) mass is 783 g/mol. The molecular formula is C46H88NO8+. The average Bonchev–Trinajstić information content (AvgIpc) is 3.14. The van der Waals surface area contributed by atoms with Crippen molar-refractivity contribution in [3.8, 4) is 0 Å². The minimum atomic E-state index is -1.50. The Labute approximate surface area is 338 Å². The SMILES string of the molecule is CCCCCCCC/C=C\CCCCCCCCCC(=O)OC(COC(=O)CCCCCCCCCCCCCCC)COC(OCC[N+](C)(C)C)C(=O)O. The number of quaternary nitrogens is 1. The molecule has 0 aromatic rings. The quantitative estimate of drug-likeness (QED) is 0.0214. The molecule has 0 heterocycles. The summed E-state index contributed by atoms with van der Waals surface area (Å²) in [6, 6.07) is 0. The molecule has 0 rings (SSSR count). The Morgan fingerprint density at radius 3 is 1.35 bits per heavy atom. The van der Waals surface area contributed by atoms with Gasteiger partial charge in [-0.2, -0.15) is 0 Å². The summed E-state index contributed by atoms with van der Waals surface area (Å²) in [6.45, 7) is 4.88. The standard InChI is InChI=1S/C46H87NO8/c1-6-8-10-12-14-16-18-20-21-22-23-25-27-29-31-33-35-37-44(49)55-42(41-54-46(45(50)51)52-39-38-47(3,4)5)40-53-43(48)36-34-32-30-28-26-24-19-17-15-13-11-9-7-2/h20-21,42,46H,6-19,22-41H2,1-5H3/p+1/b21-20-. The molecule has 55 heavy (non-hydrogen) atoms. The number of carbonyl (C=O) groups is 3. The number of allylic oxidation sites excluding steroid dienone is 2. The molecule has 0 aromatic heterocycles. The molecule has 0 saturated carbocycles. The van der Waals surface area contributed by atoms with Crippen molar-refractivity contribution >= 4 is 17.9 Å². The molecule has 2 atom stereocenters. The topological polar surface area (TPSA) is 108 Å². The highest BCUT2D eigenvalue weighted by Gasteiger charge is 2.25. The van der Waals surface area contributed by atoms with Gasteiger partial charge in [-0.25, -0.2) is 4.79 Å². The molecule has 2 unspecified atom stereocenters. The van der Waals surface area contributed by atoms with Crippen LogP contribution < -0.4 is 0 Å². The van der Waals surface area contributed by atoms with E-state index in [1.54, 1.807) is 0 Å². The van der Waals surface area contributed by atoms with Crippen molar-refractivity contribution in [3.63, 3.8) is 0 Å². The van der Waals surface area contributed by atoms with Gasteiger partial charge in [0.25, 0.3) is 6.29 Å². The zero-order valence-corrected chi connectivity index (χ0v) is 36.6. The summed E-state index contributed by atoms with van der Waals surface area (Å²) in [6.07, 6.45) is 36.9. The first-order chi connectivity index (χ1) is 26.6. The van der Waals surface area contributed by atoms with Gasteiger partial charge in [-0.1, -0.05) is 167 Å². The van der Waals surface area contributed by atoms with Crippen molar-refractivity contribution < 1.29 is 42.9 Å². The average molecular weight is 783 g/mol. The van der Waals surface area contributed by atoms with Crippen molar-refractivity contribution in [2.24, 2.45) is 0 Å². The maximum atomic E-state index is 12.8. The normalized spacial score (nSPS) is 13.0. The molecule has 0 aliphatic heterocycles. The first-order valence-electron chi connectivity index (χ1n) is 22.9. The van der Waals surface area contributed by atoms with Gasteiger partial charge in [0.1, 0.15) is 13.2 Å². The van der Waals surface area contributed by atoms with Crippen LogP contribution in [0.3, 0.4) is 0 Å². The minimum absolute atomic E-state index is 0.178. The Hall–Kier alpha value is -1.97. The van der Waals surface area contributed by atoms with E-state index in [2.05, 4.69) is 26.0 Å². The summed E-state index contributed by atoms with van der Waals surface area (Å²) in [5.74, 6) is -2.00. The Balaban J connectivity index is 4.41. The van der Waals surface area contributed by atoms with E-state index in [-0.39, 0.29) is 32.2 Å². The fraction of sp³-hybridized carbons (Fsp3) is 0.891. The molecule has 9 nitrogen and oxygen atoms in total. The van der Waals surface area contributed by atoms with E-state index < -0.39 is 24.3 Å². The third kappa shape index (κ3) is 40.0. The number of carboxylic acid groups (broad SMARTS) is 1. The number of rotatable bonds is 42. The zero-order chi connectivity index (χ0) is 40.7. The largest absolute Gasteiger partial charge is 0.477 e. The second-order valence-corrected chi connectivity index (χ2v) is 16.7. The number of hydrogen-bond donors (Lipinski definition) is 1. The number of nitrogens with zero attached hydrogens (tertiary/aromatic N) is 1. The molecular weight excluding hydrogens is 695 g/mol. The van der Waals surface area contributed by atoms with E-state index in [0.29, 0.717) is 17.4 Å². The smallest absolute Gasteiger partial charge is 0.361 e. The molecule has 0 spiro atoms. The number of ether oxygens (including phenoxy) is 4. The van der Waals surface area contributed by atoms with E-state index in [9.17, 15) is 19.5 Å². The Bertz CT molecular complexity index is 918. The lowest BCUT2D eigenvalue weighted by Gasteiger charge is -2.25. The predicted molar refractivity (Wildman–Crippen MR) is 226 cm³/mol. The molecule has 0 amide bonds. The van der Waals surface area contributed by atoms with Crippen LogP contribution in [0.1, 0.15) is 206 Å². The number of hydrogen-bond acceptors (Lipinski definition) is 7. The number of likely N-dealkylation sites (N-methyl/N-ethyl adjacent to an activating group) is 1. The van der Waals surface area contributed by atoms with Gasteiger partial charge in [0.2, 0.25) is 0 Å². The molecule has 0 saturated heterocycles. The van der Waals surface area contributed by atoms with E-state index in [4.69, 9.17) is 18.9 Å². The summed E-state index contributed by atoms with van der Waals surface area (Å²) in [7, 11) is 5.96. The molecule has 1 N–H and O–H groups in total. The highest BCUT2D eigenvalue weighted by Crippen LogP contribution is 2.15. The minimum Gasteiger partial charge on any atom is -0.477 e. The zero-order valence-electron chi connectivity index (χ0n) is 36.6. The molecule has 0 aliphatic rings. The van der Waals surface area contributed by atoms with Gasteiger partial charge in [0.05, 0.1) is 34.4 Å². The van der Waals surface area contributed by atoms with Gasteiger partial charge in [-0.3, -0.25) is 9.59 Å². The highest BCUT2D eigenvalue weighted by atomic mass is 16.7. The molecule has 0 aromatic carbocycles. The fourth-order valence-electron chi connectivity index (χ4n) is 6.42.